The number of hydrogen-bond donors (Lipinski definition) is 1. The predicted octanol–water partition coefficient (Wildman–Crippen LogP) is 3.44. The minimum absolute atomic E-state index is 0.00385. The van der Waals surface area contributed by atoms with Gasteiger partial charge in [-0.3, -0.25) is 9.59 Å². The highest BCUT2D eigenvalue weighted by Crippen LogP contribution is 2.30. The Morgan fingerprint density at radius 1 is 1.14 bits per heavy atom. The van der Waals surface area contributed by atoms with Crippen molar-refractivity contribution in [3.63, 3.8) is 0 Å². The monoisotopic (exact) mass is 449 g/mol. The lowest BCUT2D eigenvalue weighted by atomic mass is 9.82. The average Bonchev–Trinajstić information content (AvgIpc) is 2.71. The quantitative estimate of drug-likeness (QED) is 0.502. The molecule has 8 nitrogen and oxygen atoms in total. The largest absolute Gasteiger partial charge is 0.479 e. The topological polar surface area (TPSA) is 99.6 Å². The molecule has 0 spiro atoms. The fraction of sp³-hybridized carbons (Fsp3) is 0.412. The number of anilines is 1. The fourth-order valence-corrected chi connectivity index (χ4v) is 2.74. The van der Waals surface area contributed by atoms with E-state index >= 15 is 0 Å². The second kappa shape index (κ2) is 10.5. The Morgan fingerprint density at radius 2 is 1.82 bits per heavy atom. The number of aromatic nitrogens is 2. The number of nitrogens with zero attached hydrogens (tertiary/aromatic N) is 2. The maximum atomic E-state index is 12.8. The molecule has 0 saturated heterocycles. The third-order valence-corrected chi connectivity index (χ3v) is 4.93. The number of esters is 1. The van der Waals surface area contributed by atoms with E-state index in [1.54, 1.807) is 0 Å². The Balaban J connectivity index is 2.11. The summed E-state index contributed by atoms with van der Waals surface area (Å²) >= 11 is 16.8. The summed E-state index contributed by atoms with van der Waals surface area (Å²) in [5.41, 5.74) is 0.259. The zero-order valence-corrected chi connectivity index (χ0v) is 17.3. The van der Waals surface area contributed by atoms with Crippen LogP contribution in [0.15, 0.2) is 27.9 Å². The molecule has 11 heteroatoms. The molecule has 2 unspecified atom stereocenters. The smallest absolute Gasteiger partial charge is 0.319 e. The van der Waals surface area contributed by atoms with Crippen LogP contribution in [0.1, 0.15) is 12.8 Å². The summed E-state index contributed by atoms with van der Waals surface area (Å²) in [5.74, 6) is -2.17. The van der Waals surface area contributed by atoms with Crippen molar-refractivity contribution in [3.05, 3.63) is 27.9 Å². The van der Waals surface area contributed by atoms with Gasteiger partial charge in [-0.15, -0.1) is 0 Å². The highest BCUT2D eigenvalue weighted by Gasteiger charge is 2.35. The summed E-state index contributed by atoms with van der Waals surface area (Å²) in [6, 6.07) is 0.0970. The molecule has 1 aliphatic carbocycles. The van der Waals surface area contributed by atoms with Gasteiger partial charge < -0.3 is 19.5 Å². The van der Waals surface area contributed by atoms with E-state index in [9.17, 15) is 9.59 Å². The number of halogens is 3. The Morgan fingerprint density at radius 3 is 2.43 bits per heavy atom. The van der Waals surface area contributed by atoms with Crippen LogP contribution in [0.5, 0.6) is 11.9 Å². The van der Waals surface area contributed by atoms with Crippen LogP contribution in [0.3, 0.4) is 0 Å². The van der Waals surface area contributed by atoms with E-state index in [1.165, 1.54) is 20.4 Å². The van der Waals surface area contributed by atoms with Gasteiger partial charge in [0.15, 0.2) is 0 Å². The first-order valence-electron chi connectivity index (χ1n) is 8.14. The van der Waals surface area contributed by atoms with Gasteiger partial charge in [0, 0.05) is 0 Å². The zero-order valence-electron chi connectivity index (χ0n) is 15.1. The number of rotatable bonds is 7. The van der Waals surface area contributed by atoms with Crippen molar-refractivity contribution < 1.29 is 23.8 Å². The summed E-state index contributed by atoms with van der Waals surface area (Å²) in [7, 11) is 2.82. The molecule has 0 aliphatic heterocycles. The van der Waals surface area contributed by atoms with Crippen molar-refractivity contribution >= 4 is 52.4 Å². The van der Waals surface area contributed by atoms with E-state index in [0.29, 0.717) is 12.8 Å². The van der Waals surface area contributed by atoms with Gasteiger partial charge in [0.05, 0.1) is 37.3 Å². The van der Waals surface area contributed by atoms with Crippen LogP contribution in [0.25, 0.3) is 0 Å². The Kier molecular flexibility index (Phi) is 8.35. The number of methoxy groups -OCH3 is 2. The third kappa shape index (κ3) is 5.73. The van der Waals surface area contributed by atoms with Gasteiger partial charge in [-0.05, 0) is 12.8 Å². The number of carbonyl (C=O) groups is 2. The standard InChI is InChI=1S/C17H18Cl3N3O5/c1-26-15-12(7-21-17(23-15)27-2)22-14(24)9-5-3-4-6-10(9)16(25)28-8-11(18)13(19)20/h3-4,7,9-10H,5-6,8H2,1-2H3,(H,22,24). The van der Waals surface area contributed by atoms with Crippen molar-refractivity contribution in [2.45, 2.75) is 12.8 Å². The summed E-state index contributed by atoms with van der Waals surface area (Å²) in [6.07, 6.45) is 5.73. The van der Waals surface area contributed by atoms with E-state index in [-0.39, 0.29) is 33.7 Å². The molecule has 0 radical (unpaired) electrons. The molecular weight excluding hydrogens is 433 g/mol. The van der Waals surface area contributed by atoms with Gasteiger partial charge in [-0.1, -0.05) is 47.0 Å². The van der Waals surface area contributed by atoms with E-state index < -0.39 is 23.7 Å². The number of hydrogen-bond acceptors (Lipinski definition) is 7. The summed E-state index contributed by atoms with van der Waals surface area (Å²) in [4.78, 5) is 33.2. The van der Waals surface area contributed by atoms with Gasteiger partial charge in [0.2, 0.25) is 11.8 Å². The molecule has 152 valence electrons. The Hall–Kier alpha value is -2.03. The summed E-state index contributed by atoms with van der Waals surface area (Å²) < 4.78 is 15.0. The van der Waals surface area contributed by atoms with Crippen molar-refractivity contribution in [1.82, 2.24) is 9.97 Å². The first kappa shape index (κ1) is 22.3. The molecular formula is C17H18Cl3N3O5. The minimum atomic E-state index is -0.686. The van der Waals surface area contributed by atoms with Crippen LogP contribution in [-0.4, -0.2) is 42.7 Å². The van der Waals surface area contributed by atoms with Crippen molar-refractivity contribution in [2.75, 3.05) is 26.1 Å². The number of amides is 1. The highest BCUT2D eigenvalue weighted by atomic mass is 35.5. The zero-order chi connectivity index (χ0) is 20.7. The SMILES string of the molecule is COc1ncc(NC(=O)C2CC=CCC2C(=O)OCC(Cl)=C(Cl)Cl)c(OC)n1. The molecule has 1 heterocycles. The van der Waals surface area contributed by atoms with Crippen LogP contribution >= 0.6 is 34.8 Å². The maximum Gasteiger partial charge on any atom is 0.319 e. The van der Waals surface area contributed by atoms with Gasteiger partial charge in [-0.2, -0.15) is 4.98 Å². The Bertz CT molecular complexity index is 796. The van der Waals surface area contributed by atoms with Crippen molar-refractivity contribution in [2.24, 2.45) is 11.8 Å². The van der Waals surface area contributed by atoms with Gasteiger partial charge in [-0.25, -0.2) is 4.98 Å². The molecule has 1 amide bonds. The molecule has 0 fully saturated rings. The van der Waals surface area contributed by atoms with Crippen molar-refractivity contribution in [1.29, 1.82) is 0 Å². The van der Waals surface area contributed by atoms with Crippen LogP contribution < -0.4 is 14.8 Å². The number of allylic oxidation sites excluding steroid dienone is 2. The van der Waals surface area contributed by atoms with Crippen LogP contribution in [-0.2, 0) is 14.3 Å². The van der Waals surface area contributed by atoms with Gasteiger partial charge in [0.1, 0.15) is 16.8 Å². The molecule has 2 rings (SSSR count). The van der Waals surface area contributed by atoms with Gasteiger partial charge >= 0.3 is 12.0 Å². The second-order valence-electron chi connectivity index (χ2n) is 5.70. The molecule has 1 aromatic rings. The molecule has 0 aromatic carbocycles. The first-order chi connectivity index (χ1) is 13.4. The lowest BCUT2D eigenvalue weighted by Gasteiger charge is -2.26. The van der Waals surface area contributed by atoms with E-state index in [0.717, 1.165) is 0 Å². The van der Waals surface area contributed by atoms with Gasteiger partial charge in [0.25, 0.3) is 0 Å². The first-order valence-corrected chi connectivity index (χ1v) is 9.27. The molecule has 0 bridgehead atoms. The number of carbonyl (C=O) groups excluding carboxylic acids is 2. The average molecular weight is 451 g/mol. The Labute approximate surface area is 176 Å². The van der Waals surface area contributed by atoms with Crippen LogP contribution in [0.4, 0.5) is 5.69 Å². The number of nitrogens with one attached hydrogen (secondary N) is 1. The predicted molar refractivity (Wildman–Crippen MR) is 105 cm³/mol. The second-order valence-corrected chi connectivity index (χ2v) is 7.10. The lowest BCUT2D eigenvalue weighted by molar-refractivity contribution is -0.151. The number of ether oxygens (including phenoxy) is 3. The summed E-state index contributed by atoms with van der Waals surface area (Å²) in [5, 5.41) is 2.69. The molecule has 1 N–H and O–H groups in total. The normalized spacial score (nSPS) is 18.2. The van der Waals surface area contributed by atoms with E-state index in [4.69, 9.17) is 49.0 Å². The minimum Gasteiger partial charge on any atom is -0.479 e. The highest BCUT2D eigenvalue weighted by molar-refractivity contribution is 6.59. The van der Waals surface area contributed by atoms with Crippen LogP contribution in [0.2, 0.25) is 0 Å². The molecule has 28 heavy (non-hydrogen) atoms. The maximum absolute atomic E-state index is 12.8. The lowest BCUT2D eigenvalue weighted by Crippen LogP contribution is -2.36. The molecule has 2 atom stereocenters. The van der Waals surface area contributed by atoms with Crippen LogP contribution in [0, 0.1) is 11.8 Å². The molecule has 0 saturated carbocycles. The third-order valence-electron chi connectivity index (χ3n) is 3.98. The van der Waals surface area contributed by atoms with Crippen molar-refractivity contribution in [3.8, 4) is 11.9 Å². The molecule has 1 aliphatic rings. The molecule has 1 aromatic heterocycles. The fourth-order valence-electron chi connectivity index (χ4n) is 2.58. The van der Waals surface area contributed by atoms with E-state index in [2.05, 4.69) is 15.3 Å². The van der Waals surface area contributed by atoms with E-state index in [1.807, 2.05) is 12.2 Å². The summed E-state index contributed by atoms with van der Waals surface area (Å²) in [6.45, 7) is -0.266.